The van der Waals surface area contributed by atoms with E-state index in [1.807, 2.05) is 72.8 Å². The summed E-state index contributed by atoms with van der Waals surface area (Å²) in [7, 11) is 0. The van der Waals surface area contributed by atoms with Crippen molar-refractivity contribution in [3.63, 3.8) is 0 Å². The maximum atomic E-state index is 13.9. The van der Waals surface area contributed by atoms with Gasteiger partial charge in [-0.2, -0.15) is 0 Å². The van der Waals surface area contributed by atoms with E-state index in [4.69, 9.17) is 11.6 Å². The number of hydrogen-bond acceptors (Lipinski definition) is 3. The molecule has 1 unspecified atom stereocenters. The molecular formula is C32H37ClN2O2S. The van der Waals surface area contributed by atoms with E-state index in [1.54, 1.807) is 4.90 Å². The summed E-state index contributed by atoms with van der Waals surface area (Å²) in [5.41, 5.74) is 4.22. The Morgan fingerprint density at radius 3 is 2.29 bits per heavy atom. The molecule has 0 spiro atoms. The fourth-order valence-corrected chi connectivity index (χ4v) is 6.21. The van der Waals surface area contributed by atoms with Crippen LogP contribution in [-0.4, -0.2) is 34.6 Å². The summed E-state index contributed by atoms with van der Waals surface area (Å²) in [6.45, 7) is 2.45. The molecule has 1 aliphatic carbocycles. The number of hydrogen-bond donors (Lipinski definition) is 1. The van der Waals surface area contributed by atoms with Gasteiger partial charge in [0.15, 0.2) is 0 Å². The highest BCUT2D eigenvalue weighted by atomic mass is 35.5. The molecule has 200 valence electrons. The summed E-state index contributed by atoms with van der Waals surface area (Å²) in [6, 6.07) is 25.4. The van der Waals surface area contributed by atoms with Crippen molar-refractivity contribution in [3.8, 4) is 0 Å². The highest BCUT2D eigenvalue weighted by Crippen LogP contribution is 2.24. The molecule has 1 fully saturated rings. The van der Waals surface area contributed by atoms with Crippen LogP contribution in [0.5, 0.6) is 0 Å². The Labute approximate surface area is 236 Å². The van der Waals surface area contributed by atoms with Gasteiger partial charge in [0.05, 0.1) is 5.75 Å². The summed E-state index contributed by atoms with van der Waals surface area (Å²) >= 11 is 7.88. The van der Waals surface area contributed by atoms with E-state index >= 15 is 0 Å². The topological polar surface area (TPSA) is 49.4 Å². The van der Waals surface area contributed by atoms with Crippen molar-refractivity contribution in [2.45, 2.75) is 69.8 Å². The first kappa shape index (κ1) is 28.3. The molecule has 1 atom stereocenters. The van der Waals surface area contributed by atoms with Gasteiger partial charge >= 0.3 is 0 Å². The predicted octanol–water partition coefficient (Wildman–Crippen LogP) is 6.97. The van der Waals surface area contributed by atoms with Crippen molar-refractivity contribution in [1.29, 1.82) is 0 Å². The second kappa shape index (κ2) is 14.4. The van der Waals surface area contributed by atoms with Gasteiger partial charge in [-0.05, 0) is 48.1 Å². The minimum Gasteiger partial charge on any atom is -0.352 e. The third-order valence-corrected chi connectivity index (χ3v) is 8.60. The summed E-state index contributed by atoms with van der Waals surface area (Å²) in [5, 5.41) is 4.01. The van der Waals surface area contributed by atoms with Crippen LogP contribution in [0.15, 0.2) is 78.9 Å². The predicted molar refractivity (Wildman–Crippen MR) is 158 cm³/mol. The maximum absolute atomic E-state index is 13.9. The Morgan fingerprint density at radius 2 is 1.58 bits per heavy atom. The molecule has 1 aliphatic rings. The smallest absolute Gasteiger partial charge is 0.243 e. The molecule has 0 radical (unpaired) electrons. The van der Waals surface area contributed by atoms with Crippen LogP contribution in [0.2, 0.25) is 5.02 Å². The zero-order valence-electron chi connectivity index (χ0n) is 22.1. The van der Waals surface area contributed by atoms with E-state index in [0.29, 0.717) is 23.7 Å². The highest BCUT2D eigenvalue weighted by Gasteiger charge is 2.32. The van der Waals surface area contributed by atoms with Crippen molar-refractivity contribution in [1.82, 2.24) is 10.2 Å². The van der Waals surface area contributed by atoms with Gasteiger partial charge in [-0.15, -0.1) is 11.8 Å². The monoisotopic (exact) mass is 548 g/mol. The van der Waals surface area contributed by atoms with Crippen LogP contribution in [0, 0.1) is 6.92 Å². The lowest BCUT2D eigenvalue weighted by atomic mass is 9.94. The minimum atomic E-state index is -0.590. The number of rotatable bonds is 11. The first-order valence-corrected chi connectivity index (χ1v) is 15.0. The molecule has 0 bridgehead atoms. The fraction of sp³-hybridized carbons (Fsp3) is 0.375. The number of thioether (sulfide) groups is 1. The van der Waals surface area contributed by atoms with Crippen molar-refractivity contribution >= 4 is 35.2 Å². The number of carbonyl (C=O) groups excluding carboxylic acids is 2. The van der Waals surface area contributed by atoms with E-state index < -0.39 is 6.04 Å². The number of halogens is 1. The highest BCUT2D eigenvalue weighted by molar-refractivity contribution is 7.99. The van der Waals surface area contributed by atoms with Gasteiger partial charge in [0.2, 0.25) is 11.8 Å². The number of amides is 2. The van der Waals surface area contributed by atoms with Gasteiger partial charge in [-0.25, -0.2) is 0 Å². The number of nitrogens with zero attached hydrogens (tertiary/aromatic N) is 1. The van der Waals surface area contributed by atoms with Crippen LogP contribution in [0.1, 0.15) is 54.4 Å². The average molecular weight is 549 g/mol. The molecule has 0 saturated heterocycles. The average Bonchev–Trinajstić information content (AvgIpc) is 2.93. The molecule has 1 saturated carbocycles. The van der Waals surface area contributed by atoms with Gasteiger partial charge in [0, 0.05) is 29.8 Å². The van der Waals surface area contributed by atoms with Crippen LogP contribution < -0.4 is 5.32 Å². The van der Waals surface area contributed by atoms with Crippen molar-refractivity contribution in [2.24, 2.45) is 0 Å². The molecule has 0 aromatic heterocycles. The Kier molecular flexibility index (Phi) is 10.7. The largest absolute Gasteiger partial charge is 0.352 e. The van der Waals surface area contributed by atoms with Gasteiger partial charge in [0.1, 0.15) is 6.04 Å². The second-order valence-electron chi connectivity index (χ2n) is 10.1. The summed E-state index contributed by atoms with van der Waals surface area (Å²) in [5.74, 6) is 0.823. The minimum absolute atomic E-state index is 0.0370. The quantitative estimate of drug-likeness (QED) is 0.281. The summed E-state index contributed by atoms with van der Waals surface area (Å²) in [6.07, 6.45) is 5.98. The van der Waals surface area contributed by atoms with Crippen LogP contribution in [0.4, 0.5) is 0 Å². The van der Waals surface area contributed by atoms with Gasteiger partial charge in [-0.3, -0.25) is 9.59 Å². The van der Waals surface area contributed by atoms with Crippen LogP contribution >= 0.6 is 23.4 Å². The Balaban J connectivity index is 1.58. The lowest BCUT2D eigenvalue weighted by molar-refractivity contribution is -0.139. The zero-order chi connectivity index (χ0) is 26.7. The van der Waals surface area contributed by atoms with Crippen molar-refractivity contribution in [3.05, 3.63) is 106 Å². The van der Waals surface area contributed by atoms with E-state index in [0.717, 1.165) is 47.9 Å². The van der Waals surface area contributed by atoms with E-state index in [9.17, 15) is 9.59 Å². The molecule has 3 aromatic rings. The van der Waals surface area contributed by atoms with E-state index in [1.165, 1.54) is 18.2 Å². The van der Waals surface area contributed by atoms with E-state index in [2.05, 4.69) is 18.3 Å². The molecule has 4 nitrogen and oxygen atoms in total. The molecule has 0 aliphatic heterocycles. The molecule has 38 heavy (non-hydrogen) atoms. The van der Waals surface area contributed by atoms with Gasteiger partial charge in [0.25, 0.3) is 0 Å². The molecule has 1 N–H and O–H groups in total. The van der Waals surface area contributed by atoms with E-state index in [-0.39, 0.29) is 23.6 Å². The first-order chi connectivity index (χ1) is 18.5. The second-order valence-corrected chi connectivity index (χ2v) is 11.5. The molecule has 4 rings (SSSR count). The molecule has 0 heterocycles. The summed E-state index contributed by atoms with van der Waals surface area (Å²) < 4.78 is 0. The Morgan fingerprint density at radius 1 is 0.921 bits per heavy atom. The molecule has 2 amide bonds. The SMILES string of the molecule is Cc1ccccc1CN(C(=O)CSCc1ccccc1Cl)C(Cc1ccccc1)C(=O)NC1CCCCC1. The maximum Gasteiger partial charge on any atom is 0.243 e. The zero-order valence-corrected chi connectivity index (χ0v) is 23.6. The number of carbonyl (C=O) groups is 2. The lowest BCUT2D eigenvalue weighted by Gasteiger charge is -2.34. The van der Waals surface area contributed by atoms with Gasteiger partial charge < -0.3 is 10.2 Å². The lowest BCUT2D eigenvalue weighted by Crippen LogP contribution is -2.53. The standard InChI is InChI=1S/C32H37ClN2O2S/c1-24-12-8-9-15-26(24)21-35(31(36)23-38-22-27-16-10-11-19-29(27)33)30(20-25-13-4-2-5-14-25)32(37)34-28-17-6-3-7-18-28/h2,4-5,8-16,19,28,30H,3,6-7,17-18,20-23H2,1H3,(H,34,37). The summed E-state index contributed by atoms with van der Waals surface area (Å²) in [4.78, 5) is 29.5. The third-order valence-electron chi connectivity index (χ3n) is 7.27. The van der Waals surface area contributed by atoms with Crippen LogP contribution in [-0.2, 0) is 28.3 Å². The number of nitrogens with one attached hydrogen (secondary N) is 1. The normalized spacial score (nSPS) is 14.6. The molecule has 3 aromatic carbocycles. The number of benzene rings is 3. The van der Waals surface area contributed by atoms with Crippen LogP contribution in [0.3, 0.4) is 0 Å². The Bertz CT molecular complexity index is 1200. The molecular weight excluding hydrogens is 512 g/mol. The number of aryl methyl sites for hydroxylation is 1. The Hall–Kier alpha value is -2.76. The third kappa shape index (κ3) is 8.12. The fourth-order valence-electron chi connectivity index (χ4n) is 5.02. The van der Waals surface area contributed by atoms with Crippen LogP contribution in [0.25, 0.3) is 0 Å². The van der Waals surface area contributed by atoms with Crippen molar-refractivity contribution < 1.29 is 9.59 Å². The first-order valence-electron chi connectivity index (χ1n) is 13.5. The van der Waals surface area contributed by atoms with Crippen molar-refractivity contribution in [2.75, 3.05) is 5.75 Å². The molecule has 6 heteroatoms. The van der Waals surface area contributed by atoms with Gasteiger partial charge in [-0.1, -0.05) is 104 Å².